The number of amides is 1. The van der Waals surface area contributed by atoms with Crippen molar-refractivity contribution in [3.05, 3.63) is 60.8 Å². The Morgan fingerprint density at radius 3 is 2.75 bits per heavy atom. The highest BCUT2D eigenvalue weighted by Gasteiger charge is 2.14. The second kappa shape index (κ2) is 6.95. The number of benzene rings is 2. The third kappa shape index (κ3) is 3.78. The number of aromatic nitrogens is 3. The average molecular weight is 323 g/mol. The number of carbonyl (C=O) groups is 1. The van der Waals surface area contributed by atoms with Gasteiger partial charge in [-0.1, -0.05) is 36.4 Å². The molecule has 2 aromatic carbocycles. The van der Waals surface area contributed by atoms with Crippen LogP contribution in [-0.4, -0.2) is 15.8 Å². The Balaban J connectivity index is 1.70. The van der Waals surface area contributed by atoms with E-state index in [9.17, 15) is 4.79 Å². The lowest BCUT2D eigenvalue weighted by molar-refractivity contribution is -0.779. The van der Waals surface area contributed by atoms with Gasteiger partial charge in [-0.25, -0.2) is 0 Å². The predicted molar refractivity (Wildman–Crippen MR) is 90.2 cm³/mol. The number of anilines is 1. The topological polar surface area (TPSA) is 60.0 Å². The number of carbonyl (C=O) groups excluding carboxylic acids is 1. The maximum Gasteiger partial charge on any atom is 0.253 e. The molecule has 0 saturated heterocycles. The van der Waals surface area contributed by atoms with E-state index in [0.29, 0.717) is 11.4 Å². The summed E-state index contributed by atoms with van der Waals surface area (Å²) in [6, 6.07) is 17.3. The smallest absolute Gasteiger partial charge is 0.253 e. The first-order valence-corrected chi connectivity index (χ1v) is 7.61. The van der Waals surface area contributed by atoms with Crippen LogP contribution in [0.1, 0.15) is 6.92 Å². The van der Waals surface area contributed by atoms with Crippen LogP contribution in [0.3, 0.4) is 0 Å². The molecule has 1 amide bonds. The van der Waals surface area contributed by atoms with Crippen molar-refractivity contribution < 1.29 is 14.2 Å². The van der Waals surface area contributed by atoms with Crippen LogP contribution < -0.4 is 14.7 Å². The van der Waals surface area contributed by atoms with Gasteiger partial charge in [0, 0.05) is 24.2 Å². The number of nitrogens with one attached hydrogen (secondary N) is 1. The molecule has 0 aliphatic heterocycles. The Morgan fingerprint density at radius 2 is 2.00 bits per heavy atom. The van der Waals surface area contributed by atoms with Gasteiger partial charge in [0.25, 0.3) is 6.73 Å². The second-order valence-corrected chi connectivity index (χ2v) is 5.42. The van der Waals surface area contributed by atoms with Gasteiger partial charge in [0.15, 0.2) is 11.9 Å². The van der Waals surface area contributed by atoms with Crippen molar-refractivity contribution in [2.24, 2.45) is 7.05 Å². The van der Waals surface area contributed by atoms with Crippen LogP contribution in [-0.2, 0) is 18.6 Å². The van der Waals surface area contributed by atoms with Crippen LogP contribution in [0.4, 0.5) is 5.69 Å². The highest BCUT2D eigenvalue weighted by Crippen LogP contribution is 2.18. The summed E-state index contributed by atoms with van der Waals surface area (Å²) in [6.07, 6.45) is 1.94. The first-order chi connectivity index (χ1) is 11.6. The lowest BCUT2D eigenvalue weighted by atomic mass is 10.2. The lowest BCUT2D eigenvalue weighted by Crippen LogP contribution is -2.38. The van der Waals surface area contributed by atoms with Gasteiger partial charge in [0.2, 0.25) is 5.91 Å². The summed E-state index contributed by atoms with van der Waals surface area (Å²) in [5.41, 5.74) is 2.81. The fraction of sp³-hybridized carbons (Fsp3) is 0.167. The molecule has 6 nitrogen and oxygen atoms in total. The average Bonchev–Trinajstić information content (AvgIpc) is 2.94. The van der Waals surface area contributed by atoms with Crippen LogP contribution >= 0.6 is 0 Å². The van der Waals surface area contributed by atoms with Gasteiger partial charge < -0.3 is 10.1 Å². The molecule has 1 N–H and O–H groups in total. The van der Waals surface area contributed by atoms with E-state index in [1.54, 1.807) is 10.7 Å². The zero-order valence-electron chi connectivity index (χ0n) is 13.6. The molecule has 3 rings (SSSR count). The summed E-state index contributed by atoms with van der Waals surface area (Å²) in [6.45, 7) is 1.76. The molecule has 6 heteroatoms. The first-order valence-electron chi connectivity index (χ1n) is 7.61. The van der Waals surface area contributed by atoms with E-state index in [1.807, 2.05) is 66.5 Å². The Bertz CT molecular complexity index is 843. The summed E-state index contributed by atoms with van der Waals surface area (Å²) in [4.78, 5) is 11.1. The SMILES string of the molecule is CC(=O)Nc1cccc(OC[n+]2cc(-c3ccccc3)n(C)n2)c1. The van der Waals surface area contributed by atoms with E-state index in [0.717, 1.165) is 11.3 Å². The van der Waals surface area contributed by atoms with Crippen molar-refractivity contribution in [3.63, 3.8) is 0 Å². The largest absolute Gasteiger partial charge is 0.452 e. The highest BCUT2D eigenvalue weighted by atomic mass is 16.5. The van der Waals surface area contributed by atoms with Gasteiger partial charge in [0.1, 0.15) is 12.8 Å². The summed E-state index contributed by atoms with van der Waals surface area (Å²) in [7, 11) is 1.90. The fourth-order valence-corrected chi connectivity index (χ4v) is 2.41. The standard InChI is InChI=1S/C18H18N4O2/c1-14(23)19-16-9-6-10-17(11-16)24-13-22-12-18(21(2)20-22)15-7-4-3-5-8-15/h3-12H,13H2,1-2H3/p+1. The van der Waals surface area contributed by atoms with Gasteiger partial charge >= 0.3 is 0 Å². The van der Waals surface area contributed by atoms with Crippen molar-refractivity contribution in [2.45, 2.75) is 13.7 Å². The van der Waals surface area contributed by atoms with Crippen LogP contribution in [0.15, 0.2) is 60.8 Å². The molecule has 0 fully saturated rings. The van der Waals surface area contributed by atoms with E-state index in [1.165, 1.54) is 6.92 Å². The molecule has 0 unspecified atom stereocenters. The molecule has 0 aliphatic rings. The van der Waals surface area contributed by atoms with Gasteiger partial charge in [-0.2, -0.15) is 0 Å². The van der Waals surface area contributed by atoms with Crippen LogP contribution in [0, 0.1) is 0 Å². The van der Waals surface area contributed by atoms with Crippen molar-refractivity contribution in [1.29, 1.82) is 0 Å². The third-order valence-corrected chi connectivity index (χ3v) is 3.46. The molecule has 0 spiro atoms. The van der Waals surface area contributed by atoms with Crippen LogP contribution in [0.25, 0.3) is 11.3 Å². The quantitative estimate of drug-likeness (QED) is 0.733. The molecule has 0 saturated carbocycles. The van der Waals surface area contributed by atoms with E-state index in [4.69, 9.17) is 4.74 Å². The molecular weight excluding hydrogens is 304 g/mol. The number of rotatable bonds is 5. The molecule has 1 heterocycles. The van der Waals surface area contributed by atoms with Crippen molar-refractivity contribution in [2.75, 3.05) is 5.32 Å². The molecule has 0 atom stereocenters. The van der Waals surface area contributed by atoms with E-state index in [2.05, 4.69) is 10.5 Å². The van der Waals surface area contributed by atoms with Crippen LogP contribution in [0.2, 0.25) is 0 Å². The Labute approximate surface area is 140 Å². The summed E-state index contributed by atoms with van der Waals surface area (Å²) >= 11 is 0. The van der Waals surface area contributed by atoms with Gasteiger partial charge in [-0.15, -0.1) is 9.36 Å². The Kier molecular flexibility index (Phi) is 4.56. The minimum absolute atomic E-state index is 0.112. The molecule has 122 valence electrons. The maximum absolute atomic E-state index is 11.1. The molecular formula is C18H19N4O2+. The highest BCUT2D eigenvalue weighted by molar-refractivity contribution is 5.88. The molecule has 0 aliphatic carbocycles. The first kappa shape index (κ1) is 15.7. The number of aryl methyl sites for hydroxylation is 1. The Hall–Kier alpha value is -3.15. The monoisotopic (exact) mass is 323 g/mol. The van der Waals surface area contributed by atoms with E-state index in [-0.39, 0.29) is 12.6 Å². The van der Waals surface area contributed by atoms with Crippen LogP contribution in [0.5, 0.6) is 5.75 Å². The van der Waals surface area contributed by atoms with E-state index < -0.39 is 0 Å². The van der Waals surface area contributed by atoms with Crippen molar-refractivity contribution in [3.8, 4) is 17.0 Å². The fourth-order valence-electron chi connectivity index (χ4n) is 2.41. The number of nitrogens with zero attached hydrogens (tertiary/aromatic N) is 3. The predicted octanol–water partition coefficient (Wildman–Crippen LogP) is 2.37. The summed E-state index contributed by atoms with van der Waals surface area (Å²) in [5, 5.41) is 7.14. The minimum atomic E-state index is -0.112. The van der Waals surface area contributed by atoms with Gasteiger partial charge in [-0.05, 0) is 12.1 Å². The third-order valence-electron chi connectivity index (χ3n) is 3.46. The zero-order chi connectivity index (χ0) is 16.9. The minimum Gasteiger partial charge on any atom is -0.452 e. The number of hydrogen-bond donors (Lipinski definition) is 1. The summed E-state index contributed by atoms with van der Waals surface area (Å²) < 4.78 is 9.30. The number of hydrogen-bond acceptors (Lipinski definition) is 3. The van der Waals surface area contributed by atoms with Gasteiger partial charge in [0.05, 0.1) is 5.21 Å². The maximum atomic E-state index is 11.1. The lowest BCUT2D eigenvalue weighted by Gasteiger charge is -2.05. The molecule has 0 radical (unpaired) electrons. The molecule has 24 heavy (non-hydrogen) atoms. The molecule has 3 aromatic rings. The zero-order valence-corrected chi connectivity index (χ0v) is 13.6. The van der Waals surface area contributed by atoms with E-state index >= 15 is 0 Å². The van der Waals surface area contributed by atoms with Gasteiger partial charge in [-0.3, -0.25) is 4.79 Å². The normalized spacial score (nSPS) is 10.4. The van der Waals surface area contributed by atoms with Crippen molar-refractivity contribution in [1.82, 2.24) is 9.90 Å². The molecule has 0 bridgehead atoms. The number of ether oxygens (including phenoxy) is 1. The summed E-state index contributed by atoms with van der Waals surface area (Å²) in [5.74, 6) is 0.555. The Morgan fingerprint density at radius 1 is 1.21 bits per heavy atom. The van der Waals surface area contributed by atoms with Crippen molar-refractivity contribution >= 4 is 11.6 Å². The molecule has 1 aromatic heterocycles. The second-order valence-electron chi connectivity index (χ2n) is 5.42.